The fourth-order valence-electron chi connectivity index (χ4n) is 4.47. The summed E-state index contributed by atoms with van der Waals surface area (Å²) in [5.74, 6) is 2.03. The van der Waals surface area contributed by atoms with Crippen molar-refractivity contribution in [1.29, 1.82) is 0 Å². The molecule has 41 heavy (non-hydrogen) atoms. The largest absolute Gasteiger partial charge is 0.494 e. The van der Waals surface area contributed by atoms with Gasteiger partial charge < -0.3 is 14.2 Å². The topological polar surface area (TPSA) is 65.8 Å². The molecule has 5 rings (SSSR count). The van der Waals surface area contributed by atoms with Crippen LogP contribution in [0.15, 0.2) is 83.9 Å². The van der Waals surface area contributed by atoms with Gasteiger partial charge in [0.2, 0.25) is 0 Å². The minimum Gasteiger partial charge on any atom is -0.494 e. The van der Waals surface area contributed by atoms with Gasteiger partial charge in [-0.25, -0.2) is 4.68 Å². The van der Waals surface area contributed by atoms with Crippen molar-refractivity contribution >= 4 is 40.3 Å². The van der Waals surface area contributed by atoms with Crippen LogP contribution in [0.25, 0.3) is 23.0 Å². The molecule has 1 saturated heterocycles. The van der Waals surface area contributed by atoms with Gasteiger partial charge in [0.1, 0.15) is 10.1 Å². The third-order valence-electron chi connectivity index (χ3n) is 6.60. The van der Waals surface area contributed by atoms with Gasteiger partial charge in [-0.3, -0.25) is 9.69 Å². The average Bonchev–Trinajstić information content (AvgIpc) is 3.55. The fraction of sp³-hybridized carbons (Fsp3) is 0.219. The molecule has 1 aromatic heterocycles. The summed E-state index contributed by atoms with van der Waals surface area (Å²) in [6.45, 7) is 3.21. The van der Waals surface area contributed by atoms with Crippen molar-refractivity contribution in [2.75, 3.05) is 27.4 Å². The molecule has 0 saturated carbocycles. The van der Waals surface area contributed by atoms with Crippen LogP contribution in [0.1, 0.15) is 24.5 Å². The number of thioether (sulfide) groups is 1. The lowest BCUT2D eigenvalue weighted by molar-refractivity contribution is -0.122. The molecule has 0 unspecified atom stereocenters. The highest BCUT2D eigenvalue weighted by Gasteiger charge is 2.32. The first-order chi connectivity index (χ1) is 20.0. The van der Waals surface area contributed by atoms with E-state index in [2.05, 4.69) is 6.92 Å². The number of nitrogens with zero attached hydrogens (tertiary/aromatic N) is 3. The zero-order valence-electron chi connectivity index (χ0n) is 23.2. The minimum atomic E-state index is -0.109. The molecule has 0 aliphatic carbocycles. The Balaban J connectivity index is 1.41. The van der Waals surface area contributed by atoms with E-state index >= 15 is 0 Å². The van der Waals surface area contributed by atoms with Crippen LogP contribution >= 0.6 is 24.0 Å². The second kappa shape index (κ2) is 13.1. The van der Waals surface area contributed by atoms with Gasteiger partial charge >= 0.3 is 0 Å². The van der Waals surface area contributed by atoms with Crippen LogP contribution < -0.4 is 14.2 Å². The lowest BCUT2D eigenvalue weighted by atomic mass is 10.1. The first kappa shape index (κ1) is 28.4. The van der Waals surface area contributed by atoms with E-state index in [1.165, 1.54) is 11.8 Å². The number of thiocarbonyl (C=S) groups is 1. The molecule has 2 heterocycles. The number of rotatable bonds is 11. The van der Waals surface area contributed by atoms with Gasteiger partial charge in [-0.2, -0.15) is 5.10 Å². The molecule has 9 heteroatoms. The highest BCUT2D eigenvalue weighted by Crippen LogP contribution is 2.36. The number of para-hydroxylation sites is 1. The zero-order valence-corrected chi connectivity index (χ0v) is 24.8. The molecular weight excluding hydrogens is 555 g/mol. The molecule has 3 aromatic carbocycles. The van der Waals surface area contributed by atoms with Gasteiger partial charge in [-0.15, -0.1) is 0 Å². The Labute approximate surface area is 249 Å². The van der Waals surface area contributed by atoms with Crippen LogP contribution in [0.3, 0.4) is 0 Å². The molecule has 1 fully saturated rings. The van der Waals surface area contributed by atoms with Crippen molar-refractivity contribution in [3.63, 3.8) is 0 Å². The number of ether oxygens (including phenoxy) is 3. The van der Waals surface area contributed by atoms with E-state index in [0.717, 1.165) is 40.2 Å². The Morgan fingerprint density at radius 3 is 2.44 bits per heavy atom. The van der Waals surface area contributed by atoms with Crippen molar-refractivity contribution in [2.45, 2.75) is 19.8 Å². The number of hydrogen-bond donors (Lipinski definition) is 0. The summed E-state index contributed by atoms with van der Waals surface area (Å²) >= 11 is 6.93. The predicted molar refractivity (Wildman–Crippen MR) is 168 cm³/mol. The standard InChI is InChI=1S/C32H31N3O4S2/c1-4-18-39-26-13-11-23(12-14-26)30-24(21-35(33-30)25-8-6-5-7-9-25)20-29-31(36)34(32(40)41-29)17-16-22-10-15-27(37-2)28(19-22)38-3/h5-15,19-21H,4,16-18H2,1-3H3/b29-20-. The number of hydrogen-bond acceptors (Lipinski definition) is 7. The smallest absolute Gasteiger partial charge is 0.266 e. The van der Waals surface area contributed by atoms with Crippen LogP contribution in [-0.4, -0.2) is 52.3 Å². The summed E-state index contributed by atoms with van der Waals surface area (Å²) in [4.78, 5) is 15.7. The Bertz CT molecular complexity index is 1570. The summed E-state index contributed by atoms with van der Waals surface area (Å²) in [6, 6.07) is 23.6. The number of methoxy groups -OCH3 is 2. The molecule has 210 valence electrons. The lowest BCUT2D eigenvalue weighted by Crippen LogP contribution is -2.30. The number of benzene rings is 3. The first-order valence-corrected chi connectivity index (χ1v) is 14.6. The van der Waals surface area contributed by atoms with E-state index < -0.39 is 0 Å². The highest BCUT2D eigenvalue weighted by molar-refractivity contribution is 8.26. The summed E-state index contributed by atoms with van der Waals surface area (Å²) in [5.41, 5.74) is 4.49. The Morgan fingerprint density at radius 2 is 1.73 bits per heavy atom. The summed E-state index contributed by atoms with van der Waals surface area (Å²) in [6.07, 6.45) is 5.41. The van der Waals surface area contributed by atoms with Crippen molar-refractivity contribution in [3.8, 4) is 34.2 Å². The number of carbonyl (C=O) groups excluding carboxylic acids is 1. The fourth-order valence-corrected chi connectivity index (χ4v) is 5.77. The molecule has 0 bridgehead atoms. The molecule has 1 aliphatic heterocycles. The molecule has 4 aromatic rings. The van der Waals surface area contributed by atoms with Gasteiger partial charge in [-0.1, -0.05) is 55.2 Å². The maximum Gasteiger partial charge on any atom is 0.266 e. The number of aromatic nitrogens is 2. The molecule has 0 N–H and O–H groups in total. The van der Waals surface area contributed by atoms with Crippen LogP contribution in [-0.2, 0) is 11.2 Å². The second-order valence-electron chi connectivity index (χ2n) is 9.36. The van der Waals surface area contributed by atoms with E-state index in [4.69, 9.17) is 31.5 Å². The van der Waals surface area contributed by atoms with E-state index in [1.807, 2.05) is 89.8 Å². The van der Waals surface area contributed by atoms with Gasteiger partial charge in [0.15, 0.2) is 11.5 Å². The minimum absolute atomic E-state index is 0.109. The molecule has 0 atom stereocenters. The molecular formula is C32H31N3O4S2. The Morgan fingerprint density at radius 1 is 0.976 bits per heavy atom. The Kier molecular flexibility index (Phi) is 9.06. The van der Waals surface area contributed by atoms with Crippen molar-refractivity contribution in [3.05, 3.63) is 95.0 Å². The monoisotopic (exact) mass is 585 g/mol. The van der Waals surface area contributed by atoms with Gasteiger partial charge in [0.25, 0.3) is 5.91 Å². The van der Waals surface area contributed by atoms with Gasteiger partial charge in [0.05, 0.1) is 37.1 Å². The number of amides is 1. The molecule has 0 spiro atoms. The Hall–Kier alpha value is -4.08. The van der Waals surface area contributed by atoms with Gasteiger partial charge in [0, 0.05) is 23.9 Å². The maximum atomic E-state index is 13.5. The molecule has 1 amide bonds. The van der Waals surface area contributed by atoms with E-state index in [0.29, 0.717) is 40.3 Å². The third kappa shape index (κ3) is 6.47. The van der Waals surface area contributed by atoms with E-state index in [9.17, 15) is 4.79 Å². The SMILES string of the molecule is CCCOc1ccc(-c2nn(-c3ccccc3)cc2/C=C2\SC(=S)N(CCc3ccc(OC)c(OC)c3)C2=O)cc1. The zero-order chi connectivity index (χ0) is 28.8. The van der Waals surface area contributed by atoms with Crippen LogP contribution in [0, 0.1) is 0 Å². The summed E-state index contributed by atoms with van der Waals surface area (Å²) < 4.78 is 18.9. The van der Waals surface area contributed by atoms with Gasteiger partial charge in [-0.05, 0) is 73.0 Å². The quantitative estimate of drug-likeness (QED) is 0.142. The third-order valence-corrected chi connectivity index (χ3v) is 7.97. The first-order valence-electron chi connectivity index (χ1n) is 13.3. The molecule has 0 radical (unpaired) electrons. The lowest BCUT2D eigenvalue weighted by Gasteiger charge is -2.15. The van der Waals surface area contributed by atoms with Crippen LogP contribution in [0.5, 0.6) is 17.2 Å². The van der Waals surface area contributed by atoms with E-state index in [1.54, 1.807) is 19.1 Å². The van der Waals surface area contributed by atoms with Crippen LogP contribution in [0.2, 0.25) is 0 Å². The maximum absolute atomic E-state index is 13.5. The summed E-state index contributed by atoms with van der Waals surface area (Å²) in [5, 5.41) is 4.90. The molecule has 7 nitrogen and oxygen atoms in total. The second-order valence-corrected chi connectivity index (χ2v) is 11.0. The van der Waals surface area contributed by atoms with Crippen LogP contribution in [0.4, 0.5) is 0 Å². The molecule has 1 aliphatic rings. The average molecular weight is 586 g/mol. The normalized spacial score (nSPS) is 14.1. The highest BCUT2D eigenvalue weighted by atomic mass is 32.2. The van der Waals surface area contributed by atoms with E-state index in [-0.39, 0.29) is 5.91 Å². The van der Waals surface area contributed by atoms with Crippen molar-refractivity contribution in [2.24, 2.45) is 0 Å². The van der Waals surface area contributed by atoms with Crippen molar-refractivity contribution < 1.29 is 19.0 Å². The summed E-state index contributed by atoms with van der Waals surface area (Å²) in [7, 11) is 3.22. The van der Waals surface area contributed by atoms with Crippen molar-refractivity contribution in [1.82, 2.24) is 14.7 Å². The number of carbonyl (C=O) groups is 1. The predicted octanol–water partition coefficient (Wildman–Crippen LogP) is 6.79.